The van der Waals surface area contributed by atoms with Gasteiger partial charge in [-0.15, -0.1) is 0 Å². The van der Waals surface area contributed by atoms with Crippen LogP contribution in [0.2, 0.25) is 0 Å². The number of carboxylic acids is 1. The largest absolute Gasteiger partial charge is 0.480 e. The molecule has 3 N–H and O–H groups in total. The molecule has 0 aliphatic rings. The van der Waals surface area contributed by atoms with Crippen LogP contribution >= 0.6 is 0 Å². The maximum atomic E-state index is 11.7. The number of carbonyl (C=O) groups excluding carboxylic acids is 1. The molecule has 0 aliphatic heterocycles. The number of amides is 2. The Morgan fingerprint density at radius 2 is 2.25 bits per heavy atom. The lowest BCUT2D eigenvalue weighted by Crippen LogP contribution is -2.46. The van der Waals surface area contributed by atoms with E-state index >= 15 is 0 Å². The number of hydrogen-bond acceptors (Lipinski definition) is 4. The summed E-state index contributed by atoms with van der Waals surface area (Å²) in [4.78, 5) is 26.6. The fourth-order valence-corrected chi connectivity index (χ4v) is 1.58. The fourth-order valence-electron chi connectivity index (χ4n) is 1.58. The molecule has 1 heterocycles. The number of nitrogens with zero attached hydrogens (tertiary/aromatic N) is 1. The van der Waals surface area contributed by atoms with Gasteiger partial charge in [-0.05, 0) is 24.1 Å². The van der Waals surface area contributed by atoms with Crippen molar-refractivity contribution in [1.82, 2.24) is 15.6 Å². The Labute approximate surface area is 117 Å². The Bertz CT molecular complexity index is 465. The van der Waals surface area contributed by atoms with Crippen molar-refractivity contribution in [1.29, 1.82) is 0 Å². The van der Waals surface area contributed by atoms with Crippen molar-refractivity contribution in [2.24, 2.45) is 0 Å². The fraction of sp³-hybridized carbons (Fsp3) is 0.462. The van der Waals surface area contributed by atoms with Crippen LogP contribution < -0.4 is 10.6 Å². The van der Waals surface area contributed by atoms with Crippen molar-refractivity contribution in [3.63, 3.8) is 0 Å². The summed E-state index contributed by atoms with van der Waals surface area (Å²) in [7, 11) is 1.48. The monoisotopic (exact) mass is 281 g/mol. The third kappa shape index (κ3) is 5.23. The standard InChI is InChI=1S/C13H19N3O4/c1-9-7-14-5-3-10(9)8-15-13(19)16-11(12(17)18)4-6-20-2/h3,5,7,11H,4,6,8H2,1-2H3,(H,17,18)(H2,15,16,19). The lowest BCUT2D eigenvalue weighted by molar-refractivity contribution is -0.139. The van der Waals surface area contributed by atoms with Crippen molar-refractivity contribution in [2.45, 2.75) is 25.9 Å². The molecule has 0 bridgehead atoms. The highest BCUT2D eigenvalue weighted by molar-refractivity contribution is 5.82. The number of carboxylic acid groups (broad SMARTS) is 1. The van der Waals surface area contributed by atoms with Crippen LogP contribution in [0, 0.1) is 6.92 Å². The summed E-state index contributed by atoms with van der Waals surface area (Å²) >= 11 is 0. The second-order valence-electron chi connectivity index (χ2n) is 4.30. The van der Waals surface area contributed by atoms with Crippen LogP contribution in [0.4, 0.5) is 4.79 Å². The Kier molecular flexibility index (Phi) is 6.45. The number of hydrogen-bond donors (Lipinski definition) is 3. The number of urea groups is 1. The van der Waals surface area contributed by atoms with Crippen LogP contribution in [0.25, 0.3) is 0 Å². The quantitative estimate of drug-likeness (QED) is 0.682. The molecule has 1 rings (SSSR count). The van der Waals surface area contributed by atoms with Gasteiger partial charge in [0, 0.05) is 39.1 Å². The number of pyridine rings is 1. The van der Waals surface area contributed by atoms with Crippen molar-refractivity contribution in [3.05, 3.63) is 29.6 Å². The Morgan fingerprint density at radius 3 is 2.85 bits per heavy atom. The molecule has 20 heavy (non-hydrogen) atoms. The highest BCUT2D eigenvalue weighted by Crippen LogP contribution is 2.04. The predicted octanol–water partition coefficient (Wildman–Crippen LogP) is 0.679. The first-order valence-electron chi connectivity index (χ1n) is 6.20. The molecule has 2 amide bonds. The predicted molar refractivity (Wildman–Crippen MR) is 72.3 cm³/mol. The zero-order valence-electron chi connectivity index (χ0n) is 11.5. The highest BCUT2D eigenvalue weighted by atomic mass is 16.5. The van der Waals surface area contributed by atoms with E-state index in [0.29, 0.717) is 6.54 Å². The molecule has 1 unspecified atom stereocenters. The minimum atomic E-state index is -1.09. The van der Waals surface area contributed by atoms with E-state index in [2.05, 4.69) is 15.6 Å². The lowest BCUT2D eigenvalue weighted by atomic mass is 10.1. The SMILES string of the molecule is COCCC(NC(=O)NCc1ccncc1C)C(=O)O. The van der Waals surface area contributed by atoms with Gasteiger partial charge in [0.25, 0.3) is 0 Å². The van der Waals surface area contributed by atoms with E-state index in [1.54, 1.807) is 18.5 Å². The first-order chi connectivity index (χ1) is 9.54. The van der Waals surface area contributed by atoms with Crippen molar-refractivity contribution >= 4 is 12.0 Å². The normalized spacial score (nSPS) is 11.7. The Hall–Kier alpha value is -2.15. The van der Waals surface area contributed by atoms with Crippen LogP contribution in [-0.2, 0) is 16.1 Å². The van der Waals surface area contributed by atoms with E-state index in [9.17, 15) is 9.59 Å². The molecule has 0 saturated carbocycles. The van der Waals surface area contributed by atoms with E-state index in [1.807, 2.05) is 6.92 Å². The molecule has 110 valence electrons. The van der Waals surface area contributed by atoms with E-state index in [-0.39, 0.29) is 13.0 Å². The highest BCUT2D eigenvalue weighted by Gasteiger charge is 2.19. The van der Waals surface area contributed by atoms with Crippen molar-refractivity contribution in [3.8, 4) is 0 Å². The molecular weight excluding hydrogens is 262 g/mol. The number of aliphatic carboxylic acids is 1. The van der Waals surface area contributed by atoms with E-state index < -0.39 is 18.0 Å². The zero-order chi connectivity index (χ0) is 15.0. The maximum Gasteiger partial charge on any atom is 0.326 e. The second kappa shape index (κ2) is 8.11. The molecule has 0 spiro atoms. The van der Waals surface area contributed by atoms with Crippen LogP contribution in [0.5, 0.6) is 0 Å². The third-order valence-electron chi connectivity index (χ3n) is 2.79. The number of rotatable bonds is 7. The minimum absolute atomic E-state index is 0.216. The van der Waals surface area contributed by atoms with Crippen molar-refractivity contribution in [2.75, 3.05) is 13.7 Å². The molecule has 1 aromatic heterocycles. The first kappa shape index (κ1) is 15.9. The number of aryl methyl sites for hydroxylation is 1. The van der Waals surface area contributed by atoms with Crippen LogP contribution in [0.3, 0.4) is 0 Å². The molecule has 7 heteroatoms. The molecule has 0 aliphatic carbocycles. The molecular formula is C13H19N3O4. The van der Waals surface area contributed by atoms with Gasteiger partial charge < -0.3 is 20.5 Å². The number of methoxy groups -OCH3 is 1. The zero-order valence-corrected chi connectivity index (χ0v) is 11.5. The summed E-state index contributed by atoms with van der Waals surface area (Å²) in [6, 6.07) is 0.313. The third-order valence-corrected chi connectivity index (χ3v) is 2.79. The van der Waals surface area contributed by atoms with Gasteiger partial charge in [-0.1, -0.05) is 0 Å². The maximum absolute atomic E-state index is 11.7. The topological polar surface area (TPSA) is 101 Å². The first-order valence-corrected chi connectivity index (χ1v) is 6.20. The van der Waals surface area contributed by atoms with Gasteiger partial charge in [-0.25, -0.2) is 9.59 Å². The molecule has 1 atom stereocenters. The molecule has 0 aromatic carbocycles. The van der Waals surface area contributed by atoms with Gasteiger partial charge in [0.2, 0.25) is 0 Å². The molecule has 0 fully saturated rings. The lowest BCUT2D eigenvalue weighted by Gasteiger charge is -2.15. The van der Waals surface area contributed by atoms with Crippen LogP contribution in [0.1, 0.15) is 17.5 Å². The minimum Gasteiger partial charge on any atom is -0.480 e. The molecule has 7 nitrogen and oxygen atoms in total. The Balaban J connectivity index is 2.46. The van der Waals surface area contributed by atoms with Gasteiger partial charge in [0.05, 0.1) is 0 Å². The summed E-state index contributed by atoms with van der Waals surface area (Å²) in [6.07, 6.45) is 3.56. The number of ether oxygens (including phenoxy) is 1. The summed E-state index contributed by atoms with van der Waals surface area (Å²) in [5.74, 6) is -1.09. The number of aromatic nitrogens is 1. The van der Waals surface area contributed by atoms with Crippen molar-refractivity contribution < 1.29 is 19.4 Å². The summed E-state index contributed by atoms with van der Waals surface area (Å²) in [5.41, 5.74) is 1.89. The Morgan fingerprint density at radius 1 is 1.50 bits per heavy atom. The second-order valence-corrected chi connectivity index (χ2v) is 4.30. The average Bonchev–Trinajstić information content (AvgIpc) is 2.42. The summed E-state index contributed by atoms with van der Waals surface area (Å²) in [5, 5.41) is 14.0. The molecule has 1 aromatic rings. The van der Waals surface area contributed by atoms with Crippen LogP contribution in [0.15, 0.2) is 18.5 Å². The van der Waals surface area contributed by atoms with E-state index in [4.69, 9.17) is 9.84 Å². The van der Waals surface area contributed by atoms with Gasteiger partial charge in [0.15, 0.2) is 0 Å². The van der Waals surface area contributed by atoms with E-state index in [0.717, 1.165) is 11.1 Å². The smallest absolute Gasteiger partial charge is 0.326 e. The summed E-state index contributed by atoms with van der Waals surface area (Å²) < 4.78 is 4.81. The van der Waals surface area contributed by atoms with Gasteiger partial charge in [-0.2, -0.15) is 0 Å². The number of carbonyl (C=O) groups is 2. The van der Waals surface area contributed by atoms with Gasteiger partial charge >= 0.3 is 12.0 Å². The van der Waals surface area contributed by atoms with Crippen LogP contribution in [-0.4, -0.2) is 41.8 Å². The average molecular weight is 281 g/mol. The van der Waals surface area contributed by atoms with Gasteiger partial charge in [0.1, 0.15) is 6.04 Å². The molecule has 0 radical (unpaired) electrons. The van der Waals surface area contributed by atoms with Gasteiger partial charge in [-0.3, -0.25) is 4.98 Å². The van der Waals surface area contributed by atoms with E-state index in [1.165, 1.54) is 7.11 Å². The summed E-state index contributed by atoms with van der Waals surface area (Å²) in [6.45, 7) is 2.47. The molecule has 0 saturated heterocycles. The number of nitrogens with one attached hydrogen (secondary N) is 2.